The van der Waals surface area contributed by atoms with Crippen LogP contribution in [0.4, 0.5) is 0 Å². The fraction of sp³-hybridized carbons (Fsp3) is 1.00. The van der Waals surface area contributed by atoms with Crippen molar-refractivity contribution in [2.24, 2.45) is 23.7 Å². The first kappa shape index (κ1) is 14.8. The Bertz CT molecular complexity index is 317. The molecule has 0 N–H and O–H groups in total. The van der Waals surface area contributed by atoms with Gasteiger partial charge in [-0.3, -0.25) is 0 Å². The molecule has 2 saturated carbocycles. The molecule has 3 rings (SSSR count). The van der Waals surface area contributed by atoms with E-state index in [0.717, 1.165) is 36.7 Å². The van der Waals surface area contributed by atoms with E-state index < -0.39 is 0 Å². The first-order valence-corrected chi connectivity index (χ1v) is 8.97. The third kappa shape index (κ3) is 2.78. The van der Waals surface area contributed by atoms with Gasteiger partial charge in [-0.2, -0.15) is 0 Å². The Kier molecular flexibility index (Phi) is 4.72. The lowest BCUT2D eigenvalue weighted by Crippen LogP contribution is -2.36. The highest BCUT2D eigenvalue weighted by Gasteiger charge is 2.50. The van der Waals surface area contributed by atoms with E-state index >= 15 is 0 Å². The largest absolute Gasteiger partial charge is 0.378 e. The second-order valence-electron chi connectivity index (χ2n) is 7.54. The van der Waals surface area contributed by atoms with Gasteiger partial charge in [0.05, 0.1) is 18.3 Å². The Morgan fingerprint density at radius 2 is 1.85 bits per heavy atom. The van der Waals surface area contributed by atoms with Gasteiger partial charge in [0.2, 0.25) is 0 Å². The van der Waals surface area contributed by atoms with Crippen LogP contribution in [0.5, 0.6) is 0 Å². The van der Waals surface area contributed by atoms with Crippen molar-refractivity contribution in [1.29, 1.82) is 0 Å². The van der Waals surface area contributed by atoms with Crippen LogP contribution < -0.4 is 0 Å². The van der Waals surface area contributed by atoms with Gasteiger partial charge in [0.15, 0.2) is 0 Å². The van der Waals surface area contributed by atoms with E-state index in [1.54, 1.807) is 0 Å². The summed E-state index contributed by atoms with van der Waals surface area (Å²) in [6.45, 7) is 7.99. The standard InChI is InChI=1S/C18H32O2/c1-4-5-10-19-14-7-9-15-16-8-6-12(2)13(3)18(16)20-17(15)11-14/h12-18H,4-11H2,1-3H3. The summed E-state index contributed by atoms with van der Waals surface area (Å²) in [4.78, 5) is 0. The van der Waals surface area contributed by atoms with E-state index in [4.69, 9.17) is 9.47 Å². The molecule has 0 bridgehead atoms. The van der Waals surface area contributed by atoms with Gasteiger partial charge in [-0.15, -0.1) is 0 Å². The van der Waals surface area contributed by atoms with Crippen molar-refractivity contribution >= 4 is 0 Å². The third-order valence-electron chi connectivity index (χ3n) is 6.32. The second kappa shape index (κ2) is 6.36. The number of hydrogen-bond donors (Lipinski definition) is 0. The van der Waals surface area contributed by atoms with Gasteiger partial charge < -0.3 is 9.47 Å². The molecule has 0 radical (unpaired) electrons. The quantitative estimate of drug-likeness (QED) is 0.710. The molecule has 0 aromatic rings. The summed E-state index contributed by atoms with van der Waals surface area (Å²) in [6.07, 6.45) is 10.5. The summed E-state index contributed by atoms with van der Waals surface area (Å²) in [5.74, 6) is 3.27. The molecule has 3 aliphatic rings. The fourth-order valence-corrected chi connectivity index (χ4v) is 4.79. The van der Waals surface area contributed by atoms with E-state index in [1.807, 2.05) is 0 Å². The summed E-state index contributed by atoms with van der Waals surface area (Å²) in [6, 6.07) is 0. The maximum Gasteiger partial charge on any atom is 0.0638 e. The van der Waals surface area contributed by atoms with Gasteiger partial charge in [-0.1, -0.05) is 27.2 Å². The van der Waals surface area contributed by atoms with Gasteiger partial charge in [-0.05, 0) is 55.8 Å². The molecule has 1 saturated heterocycles. The Morgan fingerprint density at radius 1 is 1.05 bits per heavy atom. The first-order valence-electron chi connectivity index (χ1n) is 8.97. The normalized spacial score (nSPS) is 47.9. The van der Waals surface area contributed by atoms with Crippen LogP contribution in [0, 0.1) is 23.7 Å². The van der Waals surface area contributed by atoms with Gasteiger partial charge in [-0.25, -0.2) is 0 Å². The average Bonchev–Trinajstić information content (AvgIpc) is 2.82. The highest BCUT2D eigenvalue weighted by atomic mass is 16.5. The Hall–Kier alpha value is -0.0800. The van der Waals surface area contributed by atoms with Gasteiger partial charge in [0, 0.05) is 13.0 Å². The smallest absolute Gasteiger partial charge is 0.0638 e. The van der Waals surface area contributed by atoms with Gasteiger partial charge in [0.1, 0.15) is 0 Å². The molecule has 7 atom stereocenters. The van der Waals surface area contributed by atoms with E-state index in [-0.39, 0.29) is 0 Å². The van der Waals surface area contributed by atoms with E-state index in [2.05, 4.69) is 20.8 Å². The number of fused-ring (bicyclic) bond motifs is 3. The first-order chi connectivity index (χ1) is 9.70. The monoisotopic (exact) mass is 280 g/mol. The summed E-state index contributed by atoms with van der Waals surface area (Å²) < 4.78 is 12.6. The molecule has 2 aliphatic carbocycles. The highest BCUT2D eigenvalue weighted by Crippen LogP contribution is 2.50. The Labute approximate surface area is 124 Å². The third-order valence-corrected chi connectivity index (χ3v) is 6.32. The molecule has 20 heavy (non-hydrogen) atoms. The van der Waals surface area contributed by atoms with Crippen molar-refractivity contribution in [3.05, 3.63) is 0 Å². The van der Waals surface area contributed by atoms with Crippen molar-refractivity contribution in [2.75, 3.05) is 6.61 Å². The lowest BCUT2D eigenvalue weighted by molar-refractivity contribution is -0.0658. The van der Waals surface area contributed by atoms with Crippen molar-refractivity contribution in [2.45, 2.75) is 84.0 Å². The van der Waals surface area contributed by atoms with E-state index in [1.165, 1.54) is 38.5 Å². The molecule has 0 amide bonds. The molecule has 3 fully saturated rings. The van der Waals surface area contributed by atoms with Crippen LogP contribution >= 0.6 is 0 Å². The molecular weight excluding hydrogens is 248 g/mol. The number of unbranched alkanes of at least 4 members (excludes halogenated alkanes) is 1. The zero-order valence-corrected chi connectivity index (χ0v) is 13.5. The fourth-order valence-electron chi connectivity index (χ4n) is 4.79. The number of ether oxygens (including phenoxy) is 2. The Morgan fingerprint density at radius 3 is 2.65 bits per heavy atom. The Balaban J connectivity index is 1.57. The topological polar surface area (TPSA) is 18.5 Å². The van der Waals surface area contributed by atoms with Crippen LogP contribution in [-0.2, 0) is 9.47 Å². The molecule has 0 spiro atoms. The summed E-state index contributed by atoms with van der Waals surface area (Å²) in [7, 11) is 0. The van der Waals surface area contributed by atoms with Crippen LogP contribution in [-0.4, -0.2) is 24.9 Å². The van der Waals surface area contributed by atoms with Gasteiger partial charge >= 0.3 is 0 Å². The van der Waals surface area contributed by atoms with Crippen LogP contribution in [0.1, 0.15) is 65.7 Å². The molecule has 2 nitrogen and oxygen atoms in total. The predicted octanol–water partition coefficient (Wildman–Crippen LogP) is 4.42. The van der Waals surface area contributed by atoms with E-state index in [9.17, 15) is 0 Å². The van der Waals surface area contributed by atoms with Crippen LogP contribution in [0.3, 0.4) is 0 Å². The minimum atomic E-state index is 0.468. The lowest BCUT2D eigenvalue weighted by Gasteiger charge is -2.37. The van der Waals surface area contributed by atoms with Crippen molar-refractivity contribution in [3.63, 3.8) is 0 Å². The molecule has 0 aromatic carbocycles. The maximum atomic E-state index is 6.51. The van der Waals surface area contributed by atoms with Crippen molar-refractivity contribution < 1.29 is 9.47 Å². The molecule has 1 heterocycles. The lowest BCUT2D eigenvalue weighted by atomic mass is 9.67. The number of rotatable bonds is 4. The maximum absolute atomic E-state index is 6.51. The second-order valence-corrected chi connectivity index (χ2v) is 7.54. The zero-order valence-electron chi connectivity index (χ0n) is 13.5. The SMILES string of the molecule is CCCCOC1CCC2C(C1)OC1C(C)C(C)CCC21. The van der Waals surface area contributed by atoms with Crippen LogP contribution in [0.25, 0.3) is 0 Å². The summed E-state index contributed by atoms with van der Waals surface area (Å²) in [5.41, 5.74) is 0. The highest BCUT2D eigenvalue weighted by molar-refractivity contribution is 4.99. The van der Waals surface area contributed by atoms with Crippen molar-refractivity contribution in [3.8, 4) is 0 Å². The molecular formula is C18H32O2. The summed E-state index contributed by atoms with van der Waals surface area (Å²) in [5, 5.41) is 0. The number of hydrogen-bond acceptors (Lipinski definition) is 2. The van der Waals surface area contributed by atoms with Gasteiger partial charge in [0.25, 0.3) is 0 Å². The minimum absolute atomic E-state index is 0.468. The van der Waals surface area contributed by atoms with E-state index in [0.29, 0.717) is 18.3 Å². The average molecular weight is 280 g/mol. The summed E-state index contributed by atoms with van der Waals surface area (Å²) >= 11 is 0. The molecule has 116 valence electrons. The van der Waals surface area contributed by atoms with Crippen LogP contribution in [0.15, 0.2) is 0 Å². The molecule has 2 heteroatoms. The molecule has 0 aromatic heterocycles. The molecule has 7 unspecified atom stereocenters. The molecule has 1 aliphatic heterocycles. The van der Waals surface area contributed by atoms with Crippen LogP contribution in [0.2, 0.25) is 0 Å². The van der Waals surface area contributed by atoms with Crippen molar-refractivity contribution in [1.82, 2.24) is 0 Å². The minimum Gasteiger partial charge on any atom is -0.378 e. The zero-order chi connectivity index (χ0) is 14.1. The predicted molar refractivity (Wildman–Crippen MR) is 81.7 cm³/mol.